The van der Waals surface area contributed by atoms with Crippen LogP contribution in [0.4, 0.5) is 0 Å². The Bertz CT molecular complexity index is 718. The topological polar surface area (TPSA) is 66.2 Å². The molecule has 0 spiro atoms. The average molecular weight is 329 g/mol. The maximum Gasteiger partial charge on any atom is 0.336 e. The van der Waals surface area contributed by atoms with Crippen molar-refractivity contribution in [3.63, 3.8) is 0 Å². The summed E-state index contributed by atoms with van der Waals surface area (Å²) in [5, 5.41) is 4.32. The summed E-state index contributed by atoms with van der Waals surface area (Å²) in [5.74, 6) is 1.22. The zero-order chi connectivity index (χ0) is 17.1. The molecule has 1 heterocycles. The van der Waals surface area contributed by atoms with E-state index in [1.54, 1.807) is 7.11 Å². The summed E-state index contributed by atoms with van der Waals surface area (Å²) in [7, 11) is 1.61. The summed E-state index contributed by atoms with van der Waals surface area (Å²) >= 11 is 0. The quantitative estimate of drug-likeness (QED) is 0.839. The van der Waals surface area contributed by atoms with Gasteiger partial charge in [0.25, 0.3) is 5.91 Å². The lowest BCUT2D eigenvalue weighted by molar-refractivity contribution is 0.0819. The highest BCUT2D eigenvalue weighted by molar-refractivity contribution is 5.84. The molecule has 0 bridgehead atoms. The van der Waals surface area contributed by atoms with Crippen molar-refractivity contribution >= 4 is 5.91 Å². The van der Waals surface area contributed by atoms with E-state index < -0.39 is 0 Å². The van der Waals surface area contributed by atoms with E-state index in [2.05, 4.69) is 10.1 Å². The van der Waals surface area contributed by atoms with Crippen LogP contribution in [0.3, 0.4) is 0 Å². The van der Waals surface area contributed by atoms with Gasteiger partial charge in [0.1, 0.15) is 5.75 Å². The molecule has 1 fully saturated rings. The second-order valence-corrected chi connectivity index (χ2v) is 6.35. The average Bonchev–Trinajstić information content (AvgIpc) is 3.23. The first-order chi connectivity index (χ1) is 11.6. The molecule has 1 aliphatic carbocycles. The molecule has 0 amide bonds. The number of hydrogen-bond acceptors (Lipinski definition) is 5. The third-order valence-corrected chi connectivity index (χ3v) is 4.17. The van der Waals surface area contributed by atoms with Crippen LogP contribution in [0.25, 0.3) is 11.4 Å². The Labute approximate surface area is 141 Å². The standard InChI is InChI=1S/C18H23N3O3/c1-12(2)24-18-19-16(14-9-6-10-15(11-14)23-3)21(20-18)17(22)13-7-4-5-8-13/h6,9-13H,4-5,7-8H2,1-3H3. The highest BCUT2D eigenvalue weighted by Gasteiger charge is 2.28. The third kappa shape index (κ3) is 3.42. The predicted molar refractivity (Wildman–Crippen MR) is 90.4 cm³/mol. The molecule has 6 nitrogen and oxygen atoms in total. The number of nitrogens with zero attached hydrogens (tertiary/aromatic N) is 3. The highest BCUT2D eigenvalue weighted by atomic mass is 16.5. The molecule has 0 radical (unpaired) electrons. The molecule has 6 heteroatoms. The number of aromatic nitrogens is 3. The van der Waals surface area contributed by atoms with Gasteiger partial charge in [-0.05, 0) is 38.8 Å². The van der Waals surface area contributed by atoms with Gasteiger partial charge < -0.3 is 9.47 Å². The Balaban J connectivity index is 2.01. The van der Waals surface area contributed by atoms with Gasteiger partial charge in [0.05, 0.1) is 13.2 Å². The monoisotopic (exact) mass is 329 g/mol. The molecule has 0 saturated heterocycles. The van der Waals surface area contributed by atoms with Crippen molar-refractivity contribution in [2.45, 2.75) is 45.6 Å². The van der Waals surface area contributed by atoms with Crippen molar-refractivity contribution in [3.05, 3.63) is 24.3 Å². The van der Waals surface area contributed by atoms with E-state index in [9.17, 15) is 4.79 Å². The smallest absolute Gasteiger partial charge is 0.336 e. The summed E-state index contributed by atoms with van der Waals surface area (Å²) in [6, 6.07) is 7.70. The van der Waals surface area contributed by atoms with Gasteiger partial charge in [-0.2, -0.15) is 9.67 Å². The van der Waals surface area contributed by atoms with E-state index in [1.165, 1.54) is 4.68 Å². The second kappa shape index (κ2) is 7.03. The molecule has 24 heavy (non-hydrogen) atoms. The lowest BCUT2D eigenvalue weighted by Gasteiger charge is -2.10. The number of ether oxygens (including phenoxy) is 2. The van der Waals surface area contributed by atoms with Crippen LogP contribution in [0.1, 0.15) is 44.3 Å². The molecular formula is C18H23N3O3. The molecular weight excluding hydrogens is 306 g/mol. The molecule has 1 aliphatic rings. The molecule has 1 aromatic carbocycles. The molecule has 0 aliphatic heterocycles. The first-order valence-corrected chi connectivity index (χ1v) is 8.41. The van der Waals surface area contributed by atoms with Gasteiger partial charge in [-0.15, -0.1) is 5.10 Å². The maximum absolute atomic E-state index is 12.9. The number of methoxy groups -OCH3 is 1. The normalized spacial score (nSPS) is 15.0. The molecule has 1 saturated carbocycles. The van der Waals surface area contributed by atoms with Gasteiger partial charge in [-0.1, -0.05) is 25.0 Å². The highest BCUT2D eigenvalue weighted by Crippen LogP contribution is 2.29. The zero-order valence-corrected chi connectivity index (χ0v) is 14.4. The van der Waals surface area contributed by atoms with Gasteiger partial charge in [-0.3, -0.25) is 4.79 Å². The molecule has 2 aromatic rings. The SMILES string of the molecule is COc1cccc(-c2nc(OC(C)C)nn2C(=O)C2CCCC2)c1. The van der Waals surface area contributed by atoms with Gasteiger partial charge in [0.15, 0.2) is 5.82 Å². The molecule has 128 valence electrons. The predicted octanol–water partition coefficient (Wildman–Crippen LogP) is 3.57. The van der Waals surface area contributed by atoms with E-state index in [0.29, 0.717) is 11.6 Å². The lowest BCUT2D eigenvalue weighted by Crippen LogP contribution is -2.21. The Morgan fingerprint density at radius 3 is 2.71 bits per heavy atom. The van der Waals surface area contributed by atoms with E-state index in [1.807, 2.05) is 38.1 Å². The number of carbonyl (C=O) groups excluding carboxylic acids is 1. The first-order valence-electron chi connectivity index (χ1n) is 8.41. The second-order valence-electron chi connectivity index (χ2n) is 6.35. The van der Waals surface area contributed by atoms with Crippen molar-refractivity contribution in [2.24, 2.45) is 5.92 Å². The van der Waals surface area contributed by atoms with E-state index in [4.69, 9.17) is 9.47 Å². The minimum atomic E-state index is -0.0550. The zero-order valence-electron chi connectivity index (χ0n) is 14.4. The number of benzene rings is 1. The van der Waals surface area contributed by atoms with Crippen molar-refractivity contribution in [3.8, 4) is 23.1 Å². The molecule has 0 unspecified atom stereocenters. The van der Waals surface area contributed by atoms with Crippen LogP contribution in [-0.4, -0.2) is 33.9 Å². The Morgan fingerprint density at radius 1 is 1.29 bits per heavy atom. The van der Waals surface area contributed by atoms with Gasteiger partial charge >= 0.3 is 6.01 Å². The fourth-order valence-electron chi connectivity index (χ4n) is 3.00. The Hall–Kier alpha value is -2.37. The van der Waals surface area contributed by atoms with Crippen molar-refractivity contribution in [1.82, 2.24) is 14.8 Å². The molecule has 0 N–H and O–H groups in total. The van der Waals surface area contributed by atoms with Crippen LogP contribution in [0, 0.1) is 5.92 Å². The number of hydrogen-bond donors (Lipinski definition) is 0. The van der Waals surface area contributed by atoms with Crippen LogP contribution in [0.15, 0.2) is 24.3 Å². The van der Waals surface area contributed by atoms with E-state index in [-0.39, 0.29) is 23.9 Å². The number of rotatable bonds is 5. The van der Waals surface area contributed by atoms with Crippen molar-refractivity contribution in [2.75, 3.05) is 7.11 Å². The lowest BCUT2D eigenvalue weighted by atomic mass is 10.1. The van der Waals surface area contributed by atoms with E-state index >= 15 is 0 Å². The van der Waals surface area contributed by atoms with Crippen molar-refractivity contribution in [1.29, 1.82) is 0 Å². The largest absolute Gasteiger partial charge is 0.497 e. The Morgan fingerprint density at radius 2 is 2.04 bits per heavy atom. The Kier molecular flexibility index (Phi) is 4.83. The maximum atomic E-state index is 12.9. The van der Waals surface area contributed by atoms with Crippen LogP contribution < -0.4 is 9.47 Å². The van der Waals surface area contributed by atoms with Crippen LogP contribution >= 0.6 is 0 Å². The summed E-state index contributed by atoms with van der Waals surface area (Å²) < 4.78 is 12.3. The van der Waals surface area contributed by atoms with Crippen molar-refractivity contribution < 1.29 is 14.3 Å². The van der Waals surface area contributed by atoms with Crippen LogP contribution in [-0.2, 0) is 0 Å². The molecule has 0 atom stereocenters. The third-order valence-electron chi connectivity index (χ3n) is 4.17. The fraction of sp³-hybridized carbons (Fsp3) is 0.500. The summed E-state index contributed by atoms with van der Waals surface area (Å²) in [4.78, 5) is 17.3. The summed E-state index contributed by atoms with van der Waals surface area (Å²) in [6.45, 7) is 3.81. The molecule has 3 rings (SSSR count). The number of carbonyl (C=O) groups is 1. The van der Waals surface area contributed by atoms with E-state index in [0.717, 1.165) is 31.2 Å². The van der Waals surface area contributed by atoms with Gasteiger partial charge in [0, 0.05) is 11.5 Å². The molecule has 1 aromatic heterocycles. The van der Waals surface area contributed by atoms with Gasteiger partial charge in [0.2, 0.25) is 0 Å². The summed E-state index contributed by atoms with van der Waals surface area (Å²) in [5.41, 5.74) is 0.784. The minimum Gasteiger partial charge on any atom is -0.497 e. The first kappa shape index (κ1) is 16.5. The van der Waals surface area contributed by atoms with Crippen LogP contribution in [0.2, 0.25) is 0 Å². The summed E-state index contributed by atoms with van der Waals surface area (Å²) in [6.07, 6.45) is 3.96. The minimum absolute atomic E-state index is 0.00331. The van der Waals surface area contributed by atoms with Gasteiger partial charge in [-0.25, -0.2) is 0 Å². The van der Waals surface area contributed by atoms with Crippen LogP contribution in [0.5, 0.6) is 11.8 Å². The fourth-order valence-corrected chi connectivity index (χ4v) is 3.00.